The molecule has 0 aliphatic carbocycles. The van der Waals surface area contributed by atoms with Crippen LogP contribution >= 0.6 is 0 Å². The zero-order valence-corrected chi connectivity index (χ0v) is 17.8. The summed E-state index contributed by atoms with van der Waals surface area (Å²) in [7, 11) is 3.24. The molecular weight excluding hydrogens is 394 g/mol. The van der Waals surface area contributed by atoms with Crippen molar-refractivity contribution in [2.45, 2.75) is 25.3 Å². The van der Waals surface area contributed by atoms with E-state index in [1.54, 1.807) is 32.4 Å². The van der Waals surface area contributed by atoms with Crippen LogP contribution in [0.25, 0.3) is 0 Å². The van der Waals surface area contributed by atoms with E-state index in [1.807, 2.05) is 24.3 Å². The number of aromatic nitrogens is 1. The van der Waals surface area contributed by atoms with Crippen molar-refractivity contribution in [2.24, 2.45) is 0 Å². The lowest BCUT2D eigenvalue weighted by atomic mass is 9.94. The molecule has 1 saturated heterocycles. The van der Waals surface area contributed by atoms with Crippen LogP contribution in [0.15, 0.2) is 59.1 Å². The average molecular weight is 421 g/mol. The van der Waals surface area contributed by atoms with E-state index >= 15 is 0 Å². The zero-order valence-electron chi connectivity index (χ0n) is 17.8. The van der Waals surface area contributed by atoms with Gasteiger partial charge < -0.3 is 19.3 Å². The van der Waals surface area contributed by atoms with E-state index in [9.17, 15) is 4.79 Å². The fourth-order valence-electron chi connectivity index (χ4n) is 3.95. The summed E-state index contributed by atoms with van der Waals surface area (Å²) in [5.41, 5.74) is 2.67. The number of nitrogens with one attached hydrogen (secondary N) is 1. The van der Waals surface area contributed by atoms with Crippen LogP contribution < -0.4 is 14.8 Å². The maximum Gasteiger partial charge on any atom is 0.294 e. The molecule has 7 heteroatoms. The molecule has 2 heterocycles. The van der Waals surface area contributed by atoms with E-state index in [1.165, 1.54) is 5.56 Å². The van der Waals surface area contributed by atoms with Crippen LogP contribution in [-0.2, 0) is 6.54 Å². The second-order valence-electron chi connectivity index (χ2n) is 7.69. The van der Waals surface area contributed by atoms with Crippen LogP contribution in [0.2, 0.25) is 0 Å². The highest BCUT2D eigenvalue weighted by atomic mass is 16.5. The number of anilines is 1. The number of hydrogen-bond donors (Lipinski definition) is 1. The minimum Gasteiger partial charge on any atom is -0.497 e. The lowest BCUT2D eigenvalue weighted by Gasteiger charge is -2.31. The van der Waals surface area contributed by atoms with Gasteiger partial charge in [-0.25, -0.2) is 0 Å². The molecule has 1 N–H and O–H groups in total. The number of hydrogen-bond acceptors (Lipinski definition) is 6. The molecule has 31 heavy (non-hydrogen) atoms. The maximum absolute atomic E-state index is 12.6. The first-order valence-electron chi connectivity index (χ1n) is 10.4. The molecule has 4 rings (SSSR count). The van der Waals surface area contributed by atoms with E-state index < -0.39 is 0 Å². The second kappa shape index (κ2) is 9.66. The van der Waals surface area contributed by atoms with Gasteiger partial charge in [-0.1, -0.05) is 29.4 Å². The van der Waals surface area contributed by atoms with Crippen molar-refractivity contribution in [3.63, 3.8) is 0 Å². The normalized spacial score (nSPS) is 16.6. The lowest BCUT2D eigenvalue weighted by molar-refractivity contribution is 0.0987. The Morgan fingerprint density at radius 3 is 2.74 bits per heavy atom. The number of para-hydroxylation sites is 2. The van der Waals surface area contributed by atoms with Crippen LogP contribution in [0, 0.1) is 0 Å². The summed E-state index contributed by atoms with van der Waals surface area (Å²) in [5, 5.41) is 7.03. The van der Waals surface area contributed by atoms with Gasteiger partial charge in [0, 0.05) is 25.1 Å². The molecule has 3 aromatic rings. The Morgan fingerprint density at radius 1 is 1.16 bits per heavy atom. The molecule has 7 nitrogen and oxygen atoms in total. The molecule has 1 amide bonds. The third-order valence-electron chi connectivity index (χ3n) is 5.60. The summed E-state index contributed by atoms with van der Waals surface area (Å²) in [6.07, 6.45) is 2.11. The predicted molar refractivity (Wildman–Crippen MR) is 118 cm³/mol. The van der Waals surface area contributed by atoms with Crippen molar-refractivity contribution in [3.05, 3.63) is 71.6 Å². The highest BCUT2D eigenvalue weighted by molar-refractivity contribution is 6.03. The van der Waals surface area contributed by atoms with Crippen molar-refractivity contribution in [3.8, 4) is 11.5 Å². The number of ether oxygens (including phenoxy) is 2. The Kier molecular flexibility index (Phi) is 6.52. The minimum atomic E-state index is -0.339. The SMILES string of the molecule is COc1ccc(CN2CCC[C@H](c3cc(C(=O)Nc4ccccc4OC)on3)C2)cc1. The van der Waals surface area contributed by atoms with Crippen molar-refractivity contribution in [1.29, 1.82) is 0 Å². The van der Waals surface area contributed by atoms with Crippen LogP contribution in [-0.4, -0.2) is 43.3 Å². The Labute approximate surface area is 181 Å². The molecule has 0 radical (unpaired) electrons. The van der Waals surface area contributed by atoms with Crippen molar-refractivity contribution < 1.29 is 18.8 Å². The Bertz CT molecular complexity index is 1020. The van der Waals surface area contributed by atoms with Crippen molar-refractivity contribution in [2.75, 3.05) is 32.6 Å². The van der Waals surface area contributed by atoms with Crippen molar-refractivity contribution in [1.82, 2.24) is 10.1 Å². The van der Waals surface area contributed by atoms with Gasteiger partial charge in [-0.15, -0.1) is 0 Å². The highest BCUT2D eigenvalue weighted by Crippen LogP contribution is 2.29. The fourth-order valence-corrected chi connectivity index (χ4v) is 3.95. The Morgan fingerprint density at radius 2 is 1.97 bits per heavy atom. The molecule has 1 fully saturated rings. The number of benzene rings is 2. The summed E-state index contributed by atoms with van der Waals surface area (Å²) < 4.78 is 15.9. The van der Waals surface area contributed by atoms with Crippen LogP contribution in [0.5, 0.6) is 11.5 Å². The molecule has 0 unspecified atom stereocenters. The zero-order chi connectivity index (χ0) is 21.6. The topological polar surface area (TPSA) is 76.8 Å². The van der Waals surface area contributed by atoms with E-state index in [0.717, 1.165) is 43.9 Å². The number of amides is 1. The smallest absolute Gasteiger partial charge is 0.294 e. The first-order chi connectivity index (χ1) is 15.2. The largest absolute Gasteiger partial charge is 0.497 e. The first-order valence-corrected chi connectivity index (χ1v) is 10.4. The van der Waals surface area contributed by atoms with Gasteiger partial charge in [-0.2, -0.15) is 0 Å². The van der Waals surface area contributed by atoms with Gasteiger partial charge in [0.25, 0.3) is 5.91 Å². The summed E-state index contributed by atoms with van der Waals surface area (Å²) in [6, 6.07) is 17.2. The number of carbonyl (C=O) groups excluding carboxylic acids is 1. The minimum absolute atomic E-state index is 0.202. The molecule has 0 spiro atoms. The number of carbonyl (C=O) groups is 1. The molecule has 1 aromatic heterocycles. The van der Waals surface area contributed by atoms with Gasteiger partial charge in [0.15, 0.2) is 0 Å². The molecule has 1 atom stereocenters. The quantitative estimate of drug-likeness (QED) is 0.612. The van der Waals surface area contributed by atoms with Crippen molar-refractivity contribution >= 4 is 11.6 Å². The van der Waals surface area contributed by atoms with E-state index in [-0.39, 0.29) is 17.6 Å². The average Bonchev–Trinajstić information content (AvgIpc) is 3.31. The second-order valence-corrected chi connectivity index (χ2v) is 7.69. The molecular formula is C24H27N3O4. The van der Waals surface area contributed by atoms with Gasteiger partial charge in [0.1, 0.15) is 11.5 Å². The number of methoxy groups -OCH3 is 2. The van der Waals surface area contributed by atoms with Crippen LogP contribution in [0.4, 0.5) is 5.69 Å². The number of likely N-dealkylation sites (tertiary alicyclic amines) is 1. The van der Waals surface area contributed by atoms with Gasteiger partial charge in [-0.3, -0.25) is 9.69 Å². The van der Waals surface area contributed by atoms with E-state index in [4.69, 9.17) is 14.0 Å². The number of rotatable bonds is 7. The summed E-state index contributed by atoms with van der Waals surface area (Å²) in [4.78, 5) is 15.0. The third-order valence-corrected chi connectivity index (χ3v) is 5.60. The molecule has 1 aliphatic heterocycles. The molecule has 162 valence electrons. The van der Waals surface area contributed by atoms with Gasteiger partial charge in [-0.05, 0) is 49.2 Å². The highest BCUT2D eigenvalue weighted by Gasteiger charge is 2.25. The molecule has 1 aliphatic rings. The molecule has 0 bridgehead atoms. The number of piperidine rings is 1. The first kappa shape index (κ1) is 20.9. The van der Waals surface area contributed by atoms with Gasteiger partial charge >= 0.3 is 0 Å². The van der Waals surface area contributed by atoms with Crippen LogP contribution in [0.1, 0.15) is 40.6 Å². The predicted octanol–water partition coefficient (Wildman–Crippen LogP) is 4.32. The third kappa shape index (κ3) is 5.06. The van der Waals surface area contributed by atoms with E-state index in [2.05, 4.69) is 27.5 Å². The number of nitrogens with zero attached hydrogens (tertiary/aromatic N) is 2. The standard InChI is InChI=1S/C24H27N3O4/c1-29-19-11-9-17(10-12-19)15-27-13-5-6-18(16-27)21-14-23(31-26-21)24(28)25-20-7-3-4-8-22(20)30-2/h3-4,7-12,14,18H,5-6,13,15-16H2,1-2H3,(H,25,28)/t18-/m0/s1. The monoisotopic (exact) mass is 421 g/mol. The summed E-state index contributed by atoms with van der Waals surface area (Å²) in [5.74, 6) is 1.56. The Balaban J connectivity index is 1.39. The van der Waals surface area contributed by atoms with Gasteiger partial charge in [0.05, 0.1) is 25.6 Å². The lowest BCUT2D eigenvalue weighted by Crippen LogP contribution is -2.34. The van der Waals surface area contributed by atoms with E-state index in [0.29, 0.717) is 11.4 Å². The summed E-state index contributed by atoms with van der Waals surface area (Å²) in [6.45, 7) is 2.80. The summed E-state index contributed by atoms with van der Waals surface area (Å²) >= 11 is 0. The van der Waals surface area contributed by atoms with Gasteiger partial charge in [0.2, 0.25) is 5.76 Å². The Hall–Kier alpha value is -3.32. The maximum atomic E-state index is 12.6. The molecule has 2 aromatic carbocycles. The fraction of sp³-hybridized carbons (Fsp3) is 0.333. The van der Waals surface area contributed by atoms with Crippen LogP contribution in [0.3, 0.4) is 0 Å². The molecule has 0 saturated carbocycles.